The van der Waals surface area contributed by atoms with E-state index < -0.39 is 0 Å². The van der Waals surface area contributed by atoms with Gasteiger partial charge in [0.25, 0.3) is 0 Å². The van der Waals surface area contributed by atoms with E-state index in [1.165, 1.54) is 5.03 Å². The molecule has 11 heavy (non-hydrogen) atoms. The number of alkyl halides is 1. The average molecular weight is 231 g/mol. The molecule has 1 atom stereocenters. The van der Waals surface area contributed by atoms with Crippen LogP contribution in [0.4, 0.5) is 0 Å². The Morgan fingerprint density at radius 2 is 2.55 bits per heavy atom. The van der Waals surface area contributed by atoms with Gasteiger partial charge in [0, 0.05) is 17.5 Å². The van der Waals surface area contributed by atoms with Crippen LogP contribution in [0.15, 0.2) is 29.4 Å². The fraction of sp³-hybridized carbons (Fsp3) is 0.375. The lowest BCUT2D eigenvalue weighted by atomic mass is 10.4. The van der Waals surface area contributed by atoms with Crippen LogP contribution in [0.3, 0.4) is 0 Å². The number of pyridine rings is 1. The van der Waals surface area contributed by atoms with Crippen LogP contribution in [0, 0.1) is 0 Å². The zero-order valence-electron chi connectivity index (χ0n) is 6.03. The quantitative estimate of drug-likeness (QED) is 0.527. The van der Waals surface area contributed by atoms with Crippen molar-refractivity contribution in [1.29, 1.82) is 0 Å². The summed E-state index contributed by atoms with van der Waals surface area (Å²) >= 11 is 5.45. The van der Waals surface area contributed by atoms with Gasteiger partial charge in [-0.2, -0.15) is 4.57 Å². The molecule has 0 radical (unpaired) electrons. The minimum absolute atomic E-state index is 0.720. The van der Waals surface area contributed by atoms with Gasteiger partial charge in [-0.1, -0.05) is 15.9 Å². The largest absolute Gasteiger partial charge is 0.240 e. The summed E-state index contributed by atoms with van der Waals surface area (Å²) < 4.78 is 2.30. The van der Waals surface area contributed by atoms with Gasteiger partial charge in [0.1, 0.15) is 0 Å². The summed E-state index contributed by atoms with van der Waals surface area (Å²) in [5, 5.41) is 3.19. The molecule has 0 amide bonds. The minimum atomic E-state index is 0.720. The second-order valence-electron chi connectivity index (χ2n) is 2.59. The Kier molecular flexibility index (Phi) is 2.18. The first-order chi connectivity index (χ1) is 5.40. The van der Waals surface area contributed by atoms with E-state index in [0.29, 0.717) is 0 Å². The maximum absolute atomic E-state index is 3.50. The number of halogens is 1. The zero-order chi connectivity index (χ0) is 7.68. The highest BCUT2D eigenvalue weighted by Gasteiger charge is 2.27. The lowest BCUT2D eigenvalue weighted by molar-refractivity contribution is -0.725. The van der Waals surface area contributed by atoms with E-state index in [-0.39, 0.29) is 0 Å². The molecule has 0 fully saturated rings. The second kappa shape index (κ2) is 3.15. The number of thioether (sulfide) groups is 1. The fourth-order valence-corrected chi connectivity index (χ4v) is 2.89. The Hall–Kier alpha value is -0.0200. The maximum atomic E-state index is 3.50. The number of fused-ring (bicyclic) bond motifs is 1. The third kappa shape index (κ3) is 1.44. The normalized spacial score (nSPS) is 21.7. The molecule has 3 heteroatoms. The van der Waals surface area contributed by atoms with Crippen molar-refractivity contribution in [3.05, 3.63) is 24.4 Å². The molecule has 1 aromatic rings. The van der Waals surface area contributed by atoms with E-state index >= 15 is 0 Å². The summed E-state index contributed by atoms with van der Waals surface area (Å²) in [4.78, 5) is 0. The third-order valence-electron chi connectivity index (χ3n) is 1.76. The van der Waals surface area contributed by atoms with Gasteiger partial charge >= 0.3 is 0 Å². The SMILES string of the molecule is BrCC1C[n+]2ccccc2S1. The molecule has 0 bridgehead atoms. The van der Waals surface area contributed by atoms with Crippen LogP contribution in [0.25, 0.3) is 0 Å². The Morgan fingerprint density at radius 1 is 1.64 bits per heavy atom. The van der Waals surface area contributed by atoms with Crippen LogP contribution >= 0.6 is 27.7 Å². The van der Waals surface area contributed by atoms with E-state index in [1.54, 1.807) is 0 Å². The summed E-state index contributed by atoms with van der Waals surface area (Å²) in [5.74, 6) is 0. The van der Waals surface area contributed by atoms with Crippen LogP contribution in [-0.2, 0) is 6.54 Å². The van der Waals surface area contributed by atoms with Crippen LogP contribution in [0.5, 0.6) is 0 Å². The monoisotopic (exact) mass is 230 g/mol. The summed E-state index contributed by atoms with van der Waals surface area (Å²) in [5.41, 5.74) is 0. The van der Waals surface area contributed by atoms with E-state index in [9.17, 15) is 0 Å². The lowest BCUT2D eigenvalue weighted by Crippen LogP contribution is -2.34. The maximum Gasteiger partial charge on any atom is 0.240 e. The molecular weight excluding hydrogens is 222 g/mol. The predicted octanol–water partition coefficient (Wildman–Crippen LogP) is 1.84. The average Bonchev–Trinajstić information content (AvgIpc) is 2.46. The van der Waals surface area contributed by atoms with Gasteiger partial charge in [0.05, 0.1) is 5.25 Å². The molecule has 0 saturated carbocycles. The first kappa shape index (κ1) is 7.62. The van der Waals surface area contributed by atoms with Gasteiger partial charge in [-0.3, -0.25) is 0 Å². The number of nitrogens with zero attached hydrogens (tertiary/aromatic N) is 1. The molecule has 2 rings (SSSR count). The molecule has 58 valence electrons. The van der Waals surface area contributed by atoms with Crippen LogP contribution in [0.2, 0.25) is 0 Å². The van der Waals surface area contributed by atoms with Gasteiger partial charge in [-0.05, 0) is 17.8 Å². The molecule has 0 spiro atoms. The van der Waals surface area contributed by atoms with Gasteiger partial charge in [0.15, 0.2) is 12.7 Å². The first-order valence-corrected chi connectivity index (χ1v) is 5.61. The highest BCUT2D eigenvalue weighted by molar-refractivity contribution is 9.09. The third-order valence-corrected chi connectivity index (χ3v) is 4.23. The minimum Gasteiger partial charge on any atom is -0.192 e. The van der Waals surface area contributed by atoms with Crippen molar-refractivity contribution < 1.29 is 4.57 Å². The summed E-state index contributed by atoms with van der Waals surface area (Å²) in [6.07, 6.45) is 2.14. The molecule has 1 aliphatic rings. The molecule has 1 aliphatic heterocycles. The molecular formula is C8H9BrNS+. The molecule has 1 nitrogen and oxygen atoms in total. The number of hydrogen-bond donors (Lipinski definition) is 0. The zero-order valence-corrected chi connectivity index (χ0v) is 8.44. The van der Waals surface area contributed by atoms with E-state index in [4.69, 9.17) is 0 Å². The standard InChI is InChI=1S/C8H9BrNS/c9-5-7-6-10-4-2-1-3-8(10)11-7/h1-4,7H,5-6H2/q+1. The van der Waals surface area contributed by atoms with Gasteiger partial charge in [0.2, 0.25) is 5.03 Å². The van der Waals surface area contributed by atoms with E-state index in [0.717, 1.165) is 17.1 Å². The molecule has 1 unspecified atom stereocenters. The molecule has 0 aromatic carbocycles. The number of hydrogen-bond acceptors (Lipinski definition) is 1. The molecule has 0 aliphatic carbocycles. The van der Waals surface area contributed by atoms with Crippen molar-refractivity contribution >= 4 is 27.7 Å². The van der Waals surface area contributed by atoms with Gasteiger partial charge in [-0.25, -0.2) is 0 Å². The van der Waals surface area contributed by atoms with Crippen LogP contribution in [0.1, 0.15) is 0 Å². The highest BCUT2D eigenvalue weighted by atomic mass is 79.9. The van der Waals surface area contributed by atoms with Crippen molar-refractivity contribution in [2.24, 2.45) is 0 Å². The van der Waals surface area contributed by atoms with Crippen molar-refractivity contribution in [3.8, 4) is 0 Å². The van der Waals surface area contributed by atoms with Crippen molar-refractivity contribution in [3.63, 3.8) is 0 Å². The second-order valence-corrected chi connectivity index (χ2v) is 4.55. The topological polar surface area (TPSA) is 3.88 Å². The van der Waals surface area contributed by atoms with Gasteiger partial charge < -0.3 is 0 Å². The Morgan fingerprint density at radius 3 is 3.27 bits per heavy atom. The Bertz CT molecular complexity index is 239. The van der Waals surface area contributed by atoms with E-state index in [1.807, 2.05) is 11.8 Å². The lowest BCUT2D eigenvalue weighted by Gasteiger charge is -1.92. The van der Waals surface area contributed by atoms with Crippen molar-refractivity contribution in [2.75, 3.05) is 5.33 Å². The summed E-state index contributed by atoms with van der Waals surface area (Å²) in [6.45, 7) is 1.14. The summed E-state index contributed by atoms with van der Waals surface area (Å²) in [7, 11) is 0. The number of rotatable bonds is 1. The number of aromatic nitrogens is 1. The Balaban J connectivity index is 2.27. The summed E-state index contributed by atoms with van der Waals surface area (Å²) in [6, 6.07) is 6.35. The van der Waals surface area contributed by atoms with Crippen LogP contribution < -0.4 is 4.57 Å². The fourth-order valence-electron chi connectivity index (χ4n) is 1.23. The molecule has 2 heterocycles. The Labute approximate surface area is 78.9 Å². The molecule has 0 saturated heterocycles. The predicted molar refractivity (Wildman–Crippen MR) is 50.1 cm³/mol. The molecule has 1 aromatic heterocycles. The van der Waals surface area contributed by atoms with Crippen molar-refractivity contribution in [1.82, 2.24) is 0 Å². The van der Waals surface area contributed by atoms with Crippen LogP contribution in [-0.4, -0.2) is 10.6 Å². The smallest absolute Gasteiger partial charge is 0.192 e. The highest BCUT2D eigenvalue weighted by Crippen LogP contribution is 2.26. The van der Waals surface area contributed by atoms with Gasteiger partial charge in [-0.15, -0.1) is 0 Å². The van der Waals surface area contributed by atoms with Crippen molar-refractivity contribution in [2.45, 2.75) is 16.8 Å². The molecule has 0 N–H and O–H groups in total. The van der Waals surface area contributed by atoms with E-state index in [2.05, 4.69) is 44.9 Å². The first-order valence-electron chi connectivity index (χ1n) is 3.61.